The third kappa shape index (κ3) is 3.19. The summed E-state index contributed by atoms with van der Waals surface area (Å²) in [5, 5.41) is 11.1. The van der Waals surface area contributed by atoms with Gasteiger partial charge < -0.3 is 19.4 Å². The summed E-state index contributed by atoms with van der Waals surface area (Å²) < 4.78 is 12.7. The number of hydrogen-bond donors (Lipinski definition) is 1. The number of fused-ring (bicyclic) bond motifs is 2. The minimum Gasteiger partial charge on any atom is -0.481 e. The first-order valence-corrected chi connectivity index (χ1v) is 13.4. The Balaban J connectivity index is 1.53. The Labute approximate surface area is 209 Å². The monoisotopic (exact) mass is 483 g/mol. The van der Waals surface area contributed by atoms with Crippen LogP contribution in [0.15, 0.2) is 30.0 Å². The molecule has 1 N–H and O–H groups in total. The number of ether oxygens (including phenoxy) is 2. The number of carbonyl (C=O) groups is 2. The van der Waals surface area contributed by atoms with Gasteiger partial charge in [0.25, 0.3) is 0 Å². The van der Waals surface area contributed by atoms with Crippen LogP contribution in [0.5, 0.6) is 0 Å². The molecule has 1 aliphatic heterocycles. The van der Waals surface area contributed by atoms with E-state index in [4.69, 9.17) is 9.47 Å². The van der Waals surface area contributed by atoms with Crippen LogP contribution in [0, 0.1) is 45.8 Å². The van der Waals surface area contributed by atoms with Gasteiger partial charge in [-0.15, -0.1) is 5.73 Å². The maximum absolute atomic E-state index is 13.5. The van der Waals surface area contributed by atoms with Gasteiger partial charge in [-0.2, -0.15) is 0 Å². The van der Waals surface area contributed by atoms with Gasteiger partial charge in [-0.3, -0.25) is 9.69 Å². The van der Waals surface area contributed by atoms with Crippen molar-refractivity contribution < 1.29 is 24.2 Å². The molecule has 0 aromatic carbocycles. The van der Waals surface area contributed by atoms with E-state index in [0.717, 1.165) is 44.2 Å². The molecule has 1 heterocycles. The van der Waals surface area contributed by atoms with Crippen molar-refractivity contribution in [1.82, 2.24) is 4.90 Å². The Kier molecular flexibility index (Phi) is 6.20. The number of nitrogens with zero attached hydrogens (tertiary/aromatic N) is 1. The Bertz CT molecular complexity index is 968. The summed E-state index contributed by atoms with van der Waals surface area (Å²) in [4.78, 5) is 28.9. The van der Waals surface area contributed by atoms with Gasteiger partial charge in [0.1, 0.15) is 11.7 Å². The van der Waals surface area contributed by atoms with Crippen LogP contribution in [-0.4, -0.2) is 60.9 Å². The SMILES string of the molecule is C=C=CCN1C[C@H](OC[C@@]23C[C@@H]4[C@H](C)CC[C@H]4[C@]4(C=O)C[C@@H]2C=C(C(C)C)[C@@]34C(=O)O)O[C@H](C)C1. The first-order valence-electron chi connectivity index (χ1n) is 13.4. The second kappa shape index (κ2) is 8.69. The zero-order chi connectivity index (χ0) is 25.2. The van der Waals surface area contributed by atoms with Crippen LogP contribution < -0.4 is 0 Å². The Morgan fingerprint density at radius 3 is 2.77 bits per heavy atom. The average Bonchev–Trinajstić information content (AvgIpc) is 3.38. The number of aldehydes is 1. The molecule has 4 bridgehead atoms. The third-order valence-corrected chi connectivity index (χ3v) is 10.4. The molecule has 0 unspecified atom stereocenters. The molecule has 0 aromatic heterocycles. The van der Waals surface area contributed by atoms with E-state index in [1.807, 2.05) is 13.0 Å². The first kappa shape index (κ1) is 25.0. The minimum atomic E-state index is -1.20. The number of allylic oxidation sites excluding steroid dienone is 1. The van der Waals surface area contributed by atoms with E-state index >= 15 is 0 Å². The summed E-state index contributed by atoms with van der Waals surface area (Å²) in [5.41, 5.74) is 1.12. The van der Waals surface area contributed by atoms with E-state index in [1.54, 1.807) is 0 Å². The number of carboxylic acid groups (broad SMARTS) is 1. The van der Waals surface area contributed by atoms with Crippen LogP contribution in [0.2, 0.25) is 0 Å². The van der Waals surface area contributed by atoms with Crippen LogP contribution >= 0.6 is 0 Å². The van der Waals surface area contributed by atoms with Crippen LogP contribution in [0.4, 0.5) is 0 Å². The molecule has 4 aliphatic carbocycles. The van der Waals surface area contributed by atoms with E-state index in [0.29, 0.717) is 31.4 Å². The first-order chi connectivity index (χ1) is 16.7. The third-order valence-electron chi connectivity index (χ3n) is 10.4. The molecule has 0 amide bonds. The summed E-state index contributed by atoms with van der Waals surface area (Å²) in [6.45, 7) is 14.6. The number of morpholine rings is 1. The molecule has 0 spiro atoms. The zero-order valence-corrected chi connectivity index (χ0v) is 21.7. The molecule has 4 fully saturated rings. The molecule has 192 valence electrons. The van der Waals surface area contributed by atoms with Crippen molar-refractivity contribution in [2.24, 2.45) is 45.8 Å². The molecular formula is C29H41NO5. The molecule has 5 aliphatic rings. The molecular weight excluding hydrogens is 442 g/mol. The van der Waals surface area contributed by atoms with Gasteiger partial charge in [0.05, 0.1) is 18.1 Å². The number of carbonyl (C=O) groups excluding carboxylic acids is 1. The lowest BCUT2D eigenvalue weighted by Crippen LogP contribution is -2.64. The van der Waals surface area contributed by atoms with Crippen molar-refractivity contribution in [3.8, 4) is 0 Å². The predicted octanol–water partition coefficient (Wildman–Crippen LogP) is 4.32. The lowest BCUT2D eigenvalue weighted by atomic mass is 9.43. The fourth-order valence-electron chi connectivity index (χ4n) is 9.30. The summed E-state index contributed by atoms with van der Waals surface area (Å²) in [7, 11) is 0. The van der Waals surface area contributed by atoms with Crippen molar-refractivity contribution in [3.05, 3.63) is 30.0 Å². The molecule has 35 heavy (non-hydrogen) atoms. The number of aliphatic carboxylic acids is 1. The fourth-order valence-corrected chi connectivity index (χ4v) is 9.30. The minimum absolute atomic E-state index is 0.0159. The molecule has 0 aromatic rings. The number of hydrogen-bond acceptors (Lipinski definition) is 5. The number of rotatable bonds is 8. The topological polar surface area (TPSA) is 76.1 Å². The van der Waals surface area contributed by atoms with Gasteiger partial charge in [0.2, 0.25) is 0 Å². The van der Waals surface area contributed by atoms with Gasteiger partial charge in [-0.05, 0) is 61.9 Å². The largest absolute Gasteiger partial charge is 0.481 e. The second-order valence-corrected chi connectivity index (χ2v) is 12.3. The van der Waals surface area contributed by atoms with Crippen molar-refractivity contribution in [1.29, 1.82) is 0 Å². The standard InChI is InChI=1S/C29H41NO5/c1-6-7-10-30-14-20(5)35-25(15-30)34-17-28-13-22-19(4)8-9-23(22)27(16-31)12-21(28)11-24(18(2)3)29(27,28)26(32)33/h7,11,16,18-23,25H,1,8-10,12-15,17H2,2-5H3,(H,32,33)/t19-,20-,21+,22-,23-,25-,27-,28+,29+/m1/s1. The van der Waals surface area contributed by atoms with E-state index in [2.05, 4.69) is 44.1 Å². The summed E-state index contributed by atoms with van der Waals surface area (Å²) in [6.07, 6.45) is 8.25. The highest BCUT2D eigenvalue weighted by atomic mass is 16.7. The van der Waals surface area contributed by atoms with Crippen molar-refractivity contribution in [3.63, 3.8) is 0 Å². The summed E-state index contributed by atoms with van der Waals surface area (Å²) in [5.74, 6) is 0.275. The van der Waals surface area contributed by atoms with Crippen molar-refractivity contribution >= 4 is 12.3 Å². The van der Waals surface area contributed by atoms with Crippen molar-refractivity contribution in [2.45, 2.75) is 65.8 Å². The predicted molar refractivity (Wildman–Crippen MR) is 132 cm³/mol. The van der Waals surface area contributed by atoms with Gasteiger partial charge in [-0.25, -0.2) is 0 Å². The average molecular weight is 484 g/mol. The Hall–Kier alpha value is -1.72. The summed E-state index contributed by atoms with van der Waals surface area (Å²) in [6, 6.07) is 0. The lowest BCUT2D eigenvalue weighted by Gasteiger charge is -2.58. The van der Waals surface area contributed by atoms with Crippen LogP contribution in [0.3, 0.4) is 0 Å². The fraction of sp³-hybridized carbons (Fsp3) is 0.759. The van der Waals surface area contributed by atoms with Gasteiger partial charge >= 0.3 is 5.97 Å². The molecule has 0 radical (unpaired) electrons. The van der Waals surface area contributed by atoms with E-state index in [9.17, 15) is 14.7 Å². The molecule has 1 saturated heterocycles. The van der Waals surface area contributed by atoms with Gasteiger partial charge in [-0.1, -0.05) is 45.4 Å². The van der Waals surface area contributed by atoms with Crippen LogP contribution in [0.1, 0.15) is 53.4 Å². The maximum atomic E-state index is 13.5. The van der Waals surface area contributed by atoms with Gasteiger partial charge in [0.15, 0.2) is 6.29 Å². The Morgan fingerprint density at radius 1 is 1.34 bits per heavy atom. The zero-order valence-electron chi connectivity index (χ0n) is 21.7. The van der Waals surface area contributed by atoms with Crippen LogP contribution in [0.25, 0.3) is 0 Å². The van der Waals surface area contributed by atoms with E-state index in [1.165, 1.54) is 0 Å². The Morgan fingerprint density at radius 2 is 2.11 bits per heavy atom. The summed E-state index contributed by atoms with van der Waals surface area (Å²) >= 11 is 0. The highest BCUT2D eigenvalue weighted by molar-refractivity contribution is 5.90. The maximum Gasteiger partial charge on any atom is 0.315 e. The molecule has 6 heteroatoms. The number of carboxylic acids is 1. The lowest BCUT2D eigenvalue weighted by molar-refractivity contribution is -0.235. The highest BCUT2D eigenvalue weighted by Crippen LogP contribution is 2.82. The van der Waals surface area contributed by atoms with Crippen molar-refractivity contribution in [2.75, 3.05) is 26.2 Å². The quantitative estimate of drug-likeness (QED) is 0.315. The van der Waals surface area contributed by atoms with E-state index < -0.39 is 28.5 Å². The highest BCUT2D eigenvalue weighted by Gasteiger charge is 2.84. The smallest absolute Gasteiger partial charge is 0.315 e. The second-order valence-electron chi connectivity index (χ2n) is 12.3. The van der Waals surface area contributed by atoms with Gasteiger partial charge in [0, 0.05) is 25.0 Å². The molecule has 5 rings (SSSR count). The van der Waals surface area contributed by atoms with Crippen LogP contribution in [-0.2, 0) is 19.1 Å². The normalized spacial score (nSPS) is 46.3. The molecule has 9 atom stereocenters. The molecule has 3 saturated carbocycles. The van der Waals surface area contributed by atoms with E-state index in [-0.39, 0.29) is 23.9 Å². The molecule has 6 nitrogen and oxygen atoms in total.